The van der Waals surface area contributed by atoms with E-state index in [0.717, 1.165) is 0 Å². The first-order valence-corrected chi connectivity index (χ1v) is 10.1. The van der Waals surface area contributed by atoms with Gasteiger partial charge in [-0.05, 0) is 58.0 Å². The summed E-state index contributed by atoms with van der Waals surface area (Å²) in [6, 6.07) is 8.83. The maximum absolute atomic E-state index is 12.8. The molecule has 2 heterocycles. The molecule has 0 bridgehead atoms. The molecule has 0 aliphatic carbocycles. The van der Waals surface area contributed by atoms with Crippen LogP contribution in [0.25, 0.3) is 0 Å². The number of esters is 1. The van der Waals surface area contributed by atoms with Crippen LogP contribution in [-0.2, 0) is 16.1 Å². The summed E-state index contributed by atoms with van der Waals surface area (Å²) in [7, 11) is 1.95. The minimum Gasteiger partial charge on any atom is -0.464 e. The summed E-state index contributed by atoms with van der Waals surface area (Å²) in [6.07, 6.45) is 0. The highest BCUT2D eigenvalue weighted by Crippen LogP contribution is 2.29. The molecule has 160 valence electrons. The zero-order valence-electron chi connectivity index (χ0n) is 18.2. The van der Waals surface area contributed by atoms with Gasteiger partial charge in [-0.2, -0.15) is 0 Å². The van der Waals surface area contributed by atoms with E-state index < -0.39 is 12.0 Å². The Kier molecular flexibility index (Phi) is 6.62. The number of hydrogen-bond donors (Lipinski definition) is 2. The van der Waals surface area contributed by atoms with E-state index in [1.807, 2.05) is 14.0 Å². The first-order valence-electron chi connectivity index (χ1n) is 10.1. The number of nitrogens with one attached hydrogen (secondary N) is 2. The highest BCUT2D eigenvalue weighted by molar-refractivity contribution is 5.95. The van der Waals surface area contributed by atoms with Crippen molar-refractivity contribution < 1.29 is 18.7 Å². The van der Waals surface area contributed by atoms with Crippen molar-refractivity contribution >= 4 is 12.0 Å². The van der Waals surface area contributed by atoms with E-state index in [1.54, 1.807) is 19.1 Å². The van der Waals surface area contributed by atoms with E-state index in [9.17, 15) is 9.59 Å². The van der Waals surface area contributed by atoms with Crippen molar-refractivity contribution in [3.8, 4) is 0 Å². The Labute approximate surface area is 177 Å². The number of nitrogens with zero attached hydrogens (tertiary/aromatic N) is 1. The first-order chi connectivity index (χ1) is 14.3. The van der Waals surface area contributed by atoms with Gasteiger partial charge in [0.2, 0.25) is 0 Å². The highest BCUT2D eigenvalue weighted by atomic mass is 16.5. The summed E-state index contributed by atoms with van der Waals surface area (Å²) in [6.45, 7) is 9.03. The molecule has 0 spiro atoms. The minimum absolute atomic E-state index is 0.242. The molecule has 1 unspecified atom stereocenters. The van der Waals surface area contributed by atoms with Crippen LogP contribution in [-0.4, -0.2) is 37.1 Å². The summed E-state index contributed by atoms with van der Waals surface area (Å²) in [5.74, 6) is 0.730. The Morgan fingerprint density at radius 1 is 1.17 bits per heavy atom. The van der Waals surface area contributed by atoms with Crippen LogP contribution >= 0.6 is 0 Å². The van der Waals surface area contributed by atoms with Crippen LogP contribution < -0.4 is 10.6 Å². The van der Waals surface area contributed by atoms with Crippen molar-refractivity contribution in [2.24, 2.45) is 0 Å². The van der Waals surface area contributed by atoms with Crippen LogP contribution in [0.4, 0.5) is 4.79 Å². The fourth-order valence-electron chi connectivity index (χ4n) is 3.65. The average molecular weight is 412 g/mol. The third-order valence-electron chi connectivity index (χ3n) is 5.06. The fraction of sp³-hybridized carbons (Fsp3) is 0.391. The topological polar surface area (TPSA) is 83.8 Å². The second-order valence-electron chi connectivity index (χ2n) is 7.69. The molecule has 3 rings (SSSR count). The highest BCUT2D eigenvalue weighted by Gasteiger charge is 2.35. The minimum atomic E-state index is -0.698. The van der Waals surface area contributed by atoms with Gasteiger partial charge in [-0.1, -0.05) is 23.8 Å². The van der Waals surface area contributed by atoms with Crippen LogP contribution in [0.15, 0.2) is 46.0 Å². The normalized spacial score (nSPS) is 16.5. The summed E-state index contributed by atoms with van der Waals surface area (Å²) < 4.78 is 11.0. The Morgan fingerprint density at radius 2 is 1.93 bits per heavy atom. The number of urea groups is 1. The number of rotatable bonds is 7. The monoisotopic (exact) mass is 411 g/mol. The lowest BCUT2D eigenvalue weighted by Gasteiger charge is -2.30. The van der Waals surface area contributed by atoms with E-state index >= 15 is 0 Å². The maximum atomic E-state index is 12.8. The predicted molar refractivity (Wildman–Crippen MR) is 114 cm³/mol. The average Bonchev–Trinajstić information content (AvgIpc) is 3.10. The Hall–Kier alpha value is -3.06. The largest absolute Gasteiger partial charge is 0.464 e. The van der Waals surface area contributed by atoms with Crippen molar-refractivity contribution in [3.05, 3.63) is 69.8 Å². The lowest BCUT2D eigenvalue weighted by atomic mass is 9.99. The lowest BCUT2D eigenvalue weighted by molar-refractivity contribution is -0.139. The molecule has 1 aromatic heterocycles. The molecule has 0 saturated heterocycles. The van der Waals surface area contributed by atoms with Crippen molar-refractivity contribution in [3.63, 3.8) is 0 Å². The molecule has 1 aliphatic heterocycles. The third kappa shape index (κ3) is 4.91. The molecule has 2 aromatic rings. The number of likely N-dealkylation sites (N-methyl/N-ethyl adjacent to an activating group) is 1. The number of benzene rings is 1. The molecule has 0 radical (unpaired) electrons. The van der Waals surface area contributed by atoms with Crippen LogP contribution in [0, 0.1) is 20.8 Å². The van der Waals surface area contributed by atoms with E-state index in [2.05, 4.69) is 47.6 Å². The summed E-state index contributed by atoms with van der Waals surface area (Å²) in [5, 5.41) is 5.58. The molecule has 7 nitrogen and oxygen atoms in total. The van der Waals surface area contributed by atoms with Crippen molar-refractivity contribution in [1.29, 1.82) is 0 Å². The molecule has 1 aliphatic rings. The number of carbonyl (C=O) groups excluding carboxylic acids is 2. The zero-order valence-corrected chi connectivity index (χ0v) is 18.2. The van der Waals surface area contributed by atoms with Crippen molar-refractivity contribution in [2.75, 3.05) is 20.2 Å². The maximum Gasteiger partial charge on any atom is 0.338 e. The van der Waals surface area contributed by atoms with Gasteiger partial charge in [-0.15, -0.1) is 0 Å². The number of ether oxygens (including phenoxy) is 1. The number of carbonyl (C=O) groups is 2. The summed E-state index contributed by atoms with van der Waals surface area (Å²) in [4.78, 5) is 27.2. The number of amides is 2. The molecule has 2 N–H and O–H groups in total. The summed E-state index contributed by atoms with van der Waals surface area (Å²) >= 11 is 0. The Morgan fingerprint density at radius 3 is 2.57 bits per heavy atom. The molecule has 1 atom stereocenters. The van der Waals surface area contributed by atoms with Crippen LogP contribution in [0.5, 0.6) is 0 Å². The smallest absolute Gasteiger partial charge is 0.338 e. The Balaban J connectivity index is 1.91. The SMILES string of the molecule is CCOC(=O)C1=C(CN(C)Cc2ccc(C)cc2C)NC(=O)NC1c1ccc(C)o1. The Bertz CT molecular complexity index is 977. The van der Waals surface area contributed by atoms with Gasteiger partial charge in [-0.25, -0.2) is 9.59 Å². The third-order valence-corrected chi connectivity index (χ3v) is 5.06. The van der Waals surface area contributed by atoms with Gasteiger partial charge in [0.25, 0.3) is 0 Å². The molecule has 7 heteroatoms. The van der Waals surface area contributed by atoms with E-state index in [4.69, 9.17) is 9.15 Å². The van der Waals surface area contributed by atoms with Gasteiger partial charge in [-0.3, -0.25) is 4.90 Å². The number of furan rings is 1. The summed E-state index contributed by atoms with van der Waals surface area (Å²) in [5.41, 5.74) is 4.50. The quantitative estimate of drug-likeness (QED) is 0.681. The lowest BCUT2D eigenvalue weighted by Crippen LogP contribution is -2.48. The standard InChI is InChI=1S/C23H29N3O4/c1-6-29-22(27)20-18(13-26(5)12-17-9-7-14(2)11-15(17)3)24-23(28)25-21(20)19-10-8-16(4)30-19/h7-11,21H,6,12-13H2,1-5H3,(H2,24,25,28). The van der Waals surface area contributed by atoms with E-state index in [-0.39, 0.29) is 12.6 Å². The molecule has 30 heavy (non-hydrogen) atoms. The predicted octanol–water partition coefficient (Wildman–Crippen LogP) is 3.51. The van der Waals surface area contributed by atoms with Gasteiger partial charge in [0.15, 0.2) is 0 Å². The van der Waals surface area contributed by atoms with Crippen molar-refractivity contribution in [1.82, 2.24) is 15.5 Å². The molecule has 0 fully saturated rings. The molecule has 2 amide bonds. The van der Waals surface area contributed by atoms with Gasteiger partial charge in [0, 0.05) is 18.8 Å². The first kappa shape index (κ1) is 21.6. The second-order valence-corrected chi connectivity index (χ2v) is 7.69. The fourth-order valence-corrected chi connectivity index (χ4v) is 3.65. The molecular formula is C23H29N3O4. The molecule has 1 aromatic carbocycles. The van der Waals surface area contributed by atoms with Crippen molar-refractivity contribution in [2.45, 2.75) is 40.3 Å². The van der Waals surface area contributed by atoms with Crippen LogP contribution in [0.2, 0.25) is 0 Å². The molecular weight excluding hydrogens is 382 g/mol. The van der Waals surface area contributed by atoms with Gasteiger partial charge in [0.05, 0.1) is 12.2 Å². The van der Waals surface area contributed by atoms with Crippen LogP contribution in [0.1, 0.15) is 41.2 Å². The van der Waals surface area contributed by atoms with Gasteiger partial charge < -0.3 is 19.8 Å². The zero-order chi connectivity index (χ0) is 21.8. The number of aryl methyl sites for hydroxylation is 3. The van der Waals surface area contributed by atoms with Gasteiger partial charge >= 0.3 is 12.0 Å². The van der Waals surface area contributed by atoms with E-state index in [0.29, 0.717) is 35.9 Å². The van der Waals surface area contributed by atoms with Gasteiger partial charge in [0.1, 0.15) is 17.6 Å². The van der Waals surface area contributed by atoms with Crippen LogP contribution in [0.3, 0.4) is 0 Å². The molecule has 0 saturated carbocycles. The van der Waals surface area contributed by atoms with E-state index in [1.165, 1.54) is 16.7 Å². The second kappa shape index (κ2) is 9.17. The number of hydrogen-bond acceptors (Lipinski definition) is 5.